The van der Waals surface area contributed by atoms with Crippen LogP contribution in [0.5, 0.6) is 11.5 Å². The van der Waals surface area contributed by atoms with E-state index in [1.54, 1.807) is 0 Å². The van der Waals surface area contributed by atoms with Crippen molar-refractivity contribution < 1.29 is 4.74 Å². The van der Waals surface area contributed by atoms with Crippen molar-refractivity contribution in [1.29, 1.82) is 0 Å². The van der Waals surface area contributed by atoms with Gasteiger partial charge in [-0.05, 0) is 139 Å². The van der Waals surface area contributed by atoms with Crippen molar-refractivity contribution in [2.75, 3.05) is 19.6 Å². The van der Waals surface area contributed by atoms with E-state index in [0.29, 0.717) is 0 Å². The molecule has 0 aromatic heterocycles. The summed E-state index contributed by atoms with van der Waals surface area (Å²) in [7, 11) is 0. The van der Waals surface area contributed by atoms with E-state index in [2.05, 4.69) is 384 Å². The summed E-state index contributed by atoms with van der Waals surface area (Å²) >= 11 is 0. The molecule has 7 heteroatoms. The average molecular weight is 1240 g/mol. The predicted octanol–water partition coefficient (Wildman–Crippen LogP) is 20.0. The molecular formula is C90H60B2N4O. The van der Waals surface area contributed by atoms with Gasteiger partial charge in [0.05, 0.1) is 17.1 Å². The standard InChI is InChI=1S/C90H60B2N4O/c1-9-31-61(32-10-1)66-55-82-87-83(56-66)96(90-73(64-37-15-4-16-38-64)49-30-50-74(90)65-39-17-5-18-40-65)81-60-80-77(59-78(81)91(87)75-51-25-27-53-79(75)95(82)89-71(62-33-11-2-12-34-62)47-29-48-72(89)63-35-13-3-14-36-63)92-76-52-26-28-54-85(76)97-86-58-70(57-84(88(86)92)94(80)69-45-23-8-24-46-69)93(67-41-19-6-20-42-67)68-43-21-7-22-44-68/h1-60H. The molecule has 0 fully saturated rings. The molecule has 4 heterocycles. The summed E-state index contributed by atoms with van der Waals surface area (Å²) in [5.74, 6) is 1.68. The molecular weight excluding hydrogens is 1170 g/mol. The summed E-state index contributed by atoms with van der Waals surface area (Å²) in [6, 6.07) is 134. The number of nitrogens with zero attached hydrogens (tertiary/aromatic N) is 4. The van der Waals surface area contributed by atoms with E-state index < -0.39 is 0 Å². The van der Waals surface area contributed by atoms with Crippen LogP contribution in [0.2, 0.25) is 0 Å². The van der Waals surface area contributed by atoms with E-state index >= 15 is 0 Å². The van der Waals surface area contributed by atoms with Gasteiger partial charge in [0.1, 0.15) is 11.5 Å². The molecule has 0 spiro atoms. The van der Waals surface area contributed by atoms with Crippen LogP contribution in [0.25, 0.3) is 55.6 Å². The van der Waals surface area contributed by atoms with Gasteiger partial charge < -0.3 is 24.3 Å². The van der Waals surface area contributed by atoms with Gasteiger partial charge in [0.25, 0.3) is 13.4 Å². The summed E-state index contributed by atoms with van der Waals surface area (Å²) in [6.07, 6.45) is 0. The number of hydrogen-bond donors (Lipinski definition) is 0. The molecule has 0 saturated carbocycles. The second-order valence-corrected chi connectivity index (χ2v) is 25.4. The lowest BCUT2D eigenvalue weighted by atomic mass is 9.30. The fourth-order valence-corrected chi connectivity index (χ4v) is 16.0. The fourth-order valence-electron chi connectivity index (χ4n) is 16.0. The molecule has 0 aliphatic carbocycles. The monoisotopic (exact) mass is 1230 g/mol. The van der Waals surface area contributed by atoms with E-state index in [1.807, 2.05) is 0 Å². The highest BCUT2D eigenvalue weighted by Gasteiger charge is 2.49. The minimum Gasteiger partial charge on any atom is -0.458 e. The minimum absolute atomic E-state index is 0.223. The molecule has 0 radical (unpaired) electrons. The van der Waals surface area contributed by atoms with Gasteiger partial charge in [-0.1, -0.05) is 285 Å². The number of anilines is 12. The third-order valence-corrected chi connectivity index (χ3v) is 20.0. The summed E-state index contributed by atoms with van der Waals surface area (Å²) in [5.41, 5.74) is 31.4. The van der Waals surface area contributed by atoms with Crippen molar-refractivity contribution in [2.24, 2.45) is 0 Å². The first kappa shape index (κ1) is 56.0. The highest BCUT2D eigenvalue weighted by molar-refractivity contribution is 7.02. The molecule has 452 valence electrons. The van der Waals surface area contributed by atoms with Gasteiger partial charge in [0.15, 0.2) is 0 Å². The number of ether oxygens (including phenoxy) is 1. The van der Waals surface area contributed by atoms with Crippen LogP contribution in [0.15, 0.2) is 364 Å². The van der Waals surface area contributed by atoms with Crippen LogP contribution in [0.1, 0.15) is 0 Å². The van der Waals surface area contributed by atoms with Crippen molar-refractivity contribution in [3.05, 3.63) is 364 Å². The van der Waals surface area contributed by atoms with E-state index in [1.165, 1.54) is 21.9 Å². The lowest BCUT2D eigenvalue weighted by Crippen LogP contribution is -2.64. The minimum atomic E-state index is -0.249. The maximum atomic E-state index is 7.36. The SMILES string of the molecule is c1ccc(-c2cc3c4c(c2)N(c2c(-c5ccccc5)cccc2-c2ccccc2)c2cc5c(cc2B4c2ccccc2N3c2c(-c3ccccc3)cccc2-c2ccccc2)B2c3ccccc3Oc3cc(N(c4ccccc4)c4ccccc4)cc(c32)N5c2ccccc2)cc1. The molecule has 15 aromatic rings. The Balaban J connectivity index is 0.970. The second-order valence-electron chi connectivity index (χ2n) is 25.4. The average Bonchev–Trinajstić information content (AvgIpc) is 0.683. The zero-order valence-corrected chi connectivity index (χ0v) is 53.0. The topological polar surface area (TPSA) is 22.2 Å². The first-order valence-electron chi connectivity index (χ1n) is 33.5. The van der Waals surface area contributed by atoms with Crippen LogP contribution in [-0.2, 0) is 0 Å². The Morgan fingerprint density at radius 2 is 0.619 bits per heavy atom. The Morgan fingerprint density at radius 1 is 0.227 bits per heavy atom. The lowest BCUT2D eigenvalue weighted by molar-refractivity contribution is 0.487. The second kappa shape index (κ2) is 23.2. The Kier molecular flexibility index (Phi) is 13.4. The molecule has 5 nitrogen and oxygen atoms in total. The summed E-state index contributed by atoms with van der Waals surface area (Å²) in [4.78, 5) is 10.2. The highest BCUT2D eigenvalue weighted by atomic mass is 16.5. The molecule has 0 atom stereocenters. The highest BCUT2D eigenvalue weighted by Crippen LogP contribution is 2.55. The number of rotatable bonds is 11. The molecule has 97 heavy (non-hydrogen) atoms. The number of benzene rings is 15. The zero-order valence-electron chi connectivity index (χ0n) is 53.0. The van der Waals surface area contributed by atoms with E-state index in [9.17, 15) is 0 Å². The number of para-hydroxylation sites is 7. The van der Waals surface area contributed by atoms with Gasteiger partial charge >= 0.3 is 0 Å². The lowest BCUT2D eigenvalue weighted by Gasteiger charge is -2.47. The van der Waals surface area contributed by atoms with Crippen molar-refractivity contribution >= 4 is 114 Å². The van der Waals surface area contributed by atoms with Crippen LogP contribution in [0.3, 0.4) is 0 Å². The van der Waals surface area contributed by atoms with E-state index in [4.69, 9.17) is 4.74 Å². The zero-order chi connectivity index (χ0) is 63.9. The molecule has 0 N–H and O–H groups in total. The Bertz CT molecular complexity index is 5360. The van der Waals surface area contributed by atoms with E-state index in [-0.39, 0.29) is 13.4 Å². The maximum Gasteiger partial charge on any atom is 0.256 e. The Labute approximate surface area is 566 Å². The van der Waals surface area contributed by atoms with Crippen LogP contribution in [-0.4, -0.2) is 13.4 Å². The summed E-state index contributed by atoms with van der Waals surface area (Å²) in [5, 5.41) is 0. The third-order valence-electron chi connectivity index (χ3n) is 20.0. The van der Waals surface area contributed by atoms with Gasteiger partial charge in [0, 0.05) is 79.5 Å². The Morgan fingerprint density at radius 3 is 1.12 bits per heavy atom. The summed E-state index contributed by atoms with van der Waals surface area (Å²) in [6.45, 7) is -0.473. The molecule has 0 unspecified atom stereocenters. The molecule has 0 amide bonds. The fraction of sp³-hybridized carbons (Fsp3) is 0. The number of fused-ring (bicyclic) bond motifs is 8. The van der Waals surface area contributed by atoms with Crippen LogP contribution in [0, 0.1) is 0 Å². The van der Waals surface area contributed by atoms with Crippen LogP contribution < -0.4 is 57.1 Å². The first-order valence-corrected chi connectivity index (χ1v) is 33.5. The van der Waals surface area contributed by atoms with Crippen molar-refractivity contribution in [3.8, 4) is 67.1 Å². The van der Waals surface area contributed by atoms with E-state index in [0.717, 1.165) is 146 Å². The van der Waals surface area contributed by atoms with Gasteiger partial charge in [-0.3, -0.25) is 0 Å². The molecule has 4 aliphatic heterocycles. The maximum absolute atomic E-state index is 7.36. The van der Waals surface area contributed by atoms with Crippen molar-refractivity contribution in [1.82, 2.24) is 0 Å². The molecule has 4 aliphatic rings. The normalized spacial score (nSPS) is 12.7. The van der Waals surface area contributed by atoms with Crippen LogP contribution in [0.4, 0.5) is 68.2 Å². The molecule has 19 rings (SSSR count). The third kappa shape index (κ3) is 9.18. The van der Waals surface area contributed by atoms with Crippen molar-refractivity contribution in [3.63, 3.8) is 0 Å². The smallest absolute Gasteiger partial charge is 0.256 e. The summed E-state index contributed by atoms with van der Waals surface area (Å²) < 4.78 is 7.36. The molecule has 0 saturated heterocycles. The first-order chi connectivity index (χ1) is 48.2. The molecule has 0 bridgehead atoms. The van der Waals surface area contributed by atoms with Crippen molar-refractivity contribution in [2.45, 2.75) is 0 Å². The van der Waals surface area contributed by atoms with Crippen LogP contribution >= 0.6 is 0 Å². The molecule has 15 aromatic carbocycles. The van der Waals surface area contributed by atoms with Gasteiger partial charge in [-0.15, -0.1) is 0 Å². The predicted molar refractivity (Wildman–Crippen MR) is 408 cm³/mol. The van der Waals surface area contributed by atoms with Gasteiger partial charge in [0.2, 0.25) is 0 Å². The quantitative estimate of drug-likeness (QED) is 0.120. The largest absolute Gasteiger partial charge is 0.458 e. The Hall–Kier alpha value is -12.6. The van der Waals surface area contributed by atoms with Gasteiger partial charge in [-0.25, -0.2) is 0 Å². The number of hydrogen-bond acceptors (Lipinski definition) is 5. The van der Waals surface area contributed by atoms with Gasteiger partial charge in [-0.2, -0.15) is 0 Å².